The number of esters is 1. The summed E-state index contributed by atoms with van der Waals surface area (Å²) >= 11 is 6.18. The number of carbonyl (C=O) groups excluding carboxylic acids is 2. The van der Waals surface area contributed by atoms with Crippen molar-refractivity contribution in [2.75, 3.05) is 20.2 Å². The molecule has 1 aliphatic heterocycles. The molecule has 1 unspecified atom stereocenters. The number of rotatable bonds is 7. The number of benzene rings is 1. The van der Waals surface area contributed by atoms with Crippen LogP contribution in [0.3, 0.4) is 0 Å². The van der Waals surface area contributed by atoms with Crippen molar-refractivity contribution in [1.82, 2.24) is 9.62 Å². The molecular weight excluding hydrogens is 416 g/mol. The van der Waals surface area contributed by atoms with Gasteiger partial charge in [-0.1, -0.05) is 38.3 Å². The van der Waals surface area contributed by atoms with Crippen LogP contribution in [0, 0.1) is 5.92 Å². The van der Waals surface area contributed by atoms with Gasteiger partial charge in [0.1, 0.15) is 10.9 Å². The third-order valence-electron chi connectivity index (χ3n) is 4.87. The third kappa shape index (κ3) is 6.17. The molecule has 1 atom stereocenters. The zero-order valence-electron chi connectivity index (χ0n) is 17.1. The van der Waals surface area contributed by atoms with Crippen molar-refractivity contribution in [3.05, 3.63) is 28.8 Å². The van der Waals surface area contributed by atoms with E-state index in [1.165, 1.54) is 29.6 Å². The second-order valence-electron chi connectivity index (χ2n) is 7.64. The zero-order chi connectivity index (χ0) is 21.6. The van der Waals surface area contributed by atoms with Crippen LogP contribution in [0.5, 0.6) is 0 Å². The molecule has 0 spiro atoms. The molecule has 0 radical (unpaired) electrons. The largest absolute Gasteiger partial charge is 0.467 e. The van der Waals surface area contributed by atoms with Gasteiger partial charge in [0.25, 0.3) is 5.91 Å². The number of nitrogens with zero attached hydrogens (tertiary/aromatic N) is 1. The van der Waals surface area contributed by atoms with Gasteiger partial charge >= 0.3 is 5.97 Å². The summed E-state index contributed by atoms with van der Waals surface area (Å²) < 4.78 is 32.4. The number of sulfonamides is 1. The van der Waals surface area contributed by atoms with Crippen molar-refractivity contribution in [3.8, 4) is 0 Å². The first-order valence-electron chi connectivity index (χ1n) is 9.85. The lowest BCUT2D eigenvalue weighted by Gasteiger charge is -2.21. The van der Waals surface area contributed by atoms with E-state index in [-0.39, 0.29) is 21.4 Å². The first-order valence-corrected chi connectivity index (χ1v) is 11.7. The Kier molecular flexibility index (Phi) is 8.48. The molecule has 1 N–H and O–H groups in total. The van der Waals surface area contributed by atoms with Crippen LogP contribution in [0.25, 0.3) is 0 Å². The molecule has 29 heavy (non-hydrogen) atoms. The van der Waals surface area contributed by atoms with Crippen LogP contribution >= 0.6 is 11.6 Å². The van der Waals surface area contributed by atoms with E-state index in [1.54, 1.807) is 0 Å². The first-order chi connectivity index (χ1) is 13.7. The fourth-order valence-electron chi connectivity index (χ4n) is 3.33. The number of methoxy groups -OCH3 is 1. The quantitative estimate of drug-likeness (QED) is 0.652. The smallest absolute Gasteiger partial charge is 0.328 e. The Hall–Kier alpha value is -1.64. The van der Waals surface area contributed by atoms with E-state index in [2.05, 4.69) is 5.32 Å². The number of halogens is 1. The van der Waals surface area contributed by atoms with Gasteiger partial charge in [0.2, 0.25) is 10.0 Å². The Labute approximate surface area is 177 Å². The average molecular weight is 445 g/mol. The lowest BCUT2D eigenvalue weighted by Crippen LogP contribution is -2.42. The van der Waals surface area contributed by atoms with Crippen LogP contribution in [0.4, 0.5) is 0 Å². The summed E-state index contributed by atoms with van der Waals surface area (Å²) in [5, 5.41) is 2.71. The normalized spacial score (nSPS) is 16.9. The van der Waals surface area contributed by atoms with E-state index in [1.807, 2.05) is 13.8 Å². The highest BCUT2D eigenvalue weighted by atomic mass is 35.5. The number of ether oxygens (including phenoxy) is 1. The molecule has 1 aromatic carbocycles. The summed E-state index contributed by atoms with van der Waals surface area (Å²) in [4.78, 5) is 24.6. The maximum atomic E-state index is 13.1. The van der Waals surface area contributed by atoms with E-state index in [0.717, 1.165) is 25.7 Å². The van der Waals surface area contributed by atoms with Crippen molar-refractivity contribution >= 4 is 33.5 Å². The summed E-state index contributed by atoms with van der Waals surface area (Å²) in [6, 6.07) is 3.31. The van der Waals surface area contributed by atoms with Crippen LogP contribution < -0.4 is 5.32 Å². The molecule has 9 heteroatoms. The molecule has 1 heterocycles. The van der Waals surface area contributed by atoms with Gasteiger partial charge in [-0.15, -0.1) is 0 Å². The molecule has 0 saturated carbocycles. The van der Waals surface area contributed by atoms with Gasteiger partial charge in [0, 0.05) is 18.7 Å². The lowest BCUT2D eigenvalue weighted by atomic mass is 10.0. The molecule has 7 nitrogen and oxygen atoms in total. The molecule has 0 aromatic heterocycles. The van der Waals surface area contributed by atoms with Crippen LogP contribution in [-0.2, 0) is 19.6 Å². The summed E-state index contributed by atoms with van der Waals surface area (Å²) in [5.41, 5.74) is 0.125. The number of amides is 1. The van der Waals surface area contributed by atoms with E-state index >= 15 is 0 Å². The molecule has 1 fully saturated rings. The van der Waals surface area contributed by atoms with E-state index in [0.29, 0.717) is 19.5 Å². The van der Waals surface area contributed by atoms with Gasteiger partial charge in [0.05, 0.1) is 12.1 Å². The monoisotopic (exact) mass is 444 g/mol. The Balaban J connectivity index is 2.29. The van der Waals surface area contributed by atoms with Crippen molar-refractivity contribution in [2.45, 2.75) is 56.9 Å². The van der Waals surface area contributed by atoms with Gasteiger partial charge in [-0.25, -0.2) is 13.2 Å². The maximum Gasteiger partial charge on any atom is 0.328 e. The number of carbonyl (C=O) groups is 2. The average Bonchev–Trinajstić information content (AvgIpc) is 2.96. The number of hydrogen-bond acceptors (Lipinski definition) is 5. The van der Waals surface area contributed by atoms with E-state index in [9.17, 15) is 18.0 Å². The predicted octanol–water partition coefficient (Wildman–Crippen LogP) is 3.22. The van der Waals surface area contributed by atoms with Gasteiger partial charge < -0.3 is 10.1 Å². The van der Waals surface area contributed by atoms with E-state index in [4.69, 9.17) is 16.3 Å². The van der Waals surface area contributed by atoms with Crippen molar-refractivity contribution in [1.29, 1.82) is 0 Å². The molecule has 1 amide bonds. The minimum absolute atomic E-state index is 0.0671. The minimum atomic E-state index is -3.81. The predicted molar refractivity (Wildman–Crippen MR) is 111 cm³/mol. The van der Waals surface area contributed by atoms with Gasteiger partial charge in [-0.3, -0.25) is 4.79 Å². The van der Waals surface area contributed by atoms with Crippen molar-refractivity contribution in [3.63, 3.8) is 0 Å². The van der Waals surface area contributed by atoms with Gasteiger partial charge in [0.15, 0.2) is 0 Å². The highest BCUT2D eigenvalue weighted by molar-refractivity contribution is 7.89. The second kappa shape index (κ2) is 10.4. The highest BCUT2D eigenvalue weighted by Gasteiger charge is 2.29. The van der Waals surface area contributed by atoms with E-state index < -0.39 is 27.9 Å². The Morgan fingerprint density at radius 2 is 1.79 bits per heavy atom. The number of hydrogen-bond donors (Lipinski definition) is 1. The van der Waals surface area contributed by atoms with Crippen LogP contribution in [-0.4, -0.2) is 50.8 Å². The SMILES string of the molecule is COC(=O)C(CC(C)C)NC(=O)c1ccc(Cl)c(S(=O)(=O)N2CCCCCC2)c1. The summed E-state index contributed by atoms with van der Waals surface area (Å²) in [7, 11) is -2.55. The number of nitrogens with one attached hydrogen (secondary N) is 1. The molecule has 162 valence electrons. The van der Waals surface area contributed by atoms with Crippen molar-refractivity contribution < 1.29 is 22.7 Å². The Morgan fingerprint density at radius 1 is 1.17 bits per heavy atom. The summed E-state index contributed by atoms with van der Waals surface area (Å²) in [6.45, 7) is 4.73. The van der Waals surface area contributed by atoms with Crippen LogP contribution in [0.2, 0.25) is 5.02 Å². The Bertz CT molecular complexity index is 833. The fraction of sp³-hybridized carbons (Fsp3) is 0.600. The molecule has 0 bridgehead atoms. The van der Waals surface area contributed by atoms with Gasteiger partial charge in [-0.05, 0) is 43.4 Å². The minimum Gasteiger partial charge on any atom is -0.467 e. The van der Waals surface area contributed by atoms with Gasteiger partial charge in [-0.2, -0.15) is 4.31 Å². The molecular formula is C20H29ClN2O5S. The molecule has 1 aromatic rings. The maximum absolute atomic E-state index is 13.1. The standard InChI is InChI=1S/C20H29ClN2O5S/c1-14(2)12-17(20(25)28-3)22-19(24)15-8-9-16(21)18(13-15)29(26,27)23-10-6-4-5-7-11-23/h8-9,13-14,17H,4-7,10-12H2,1-3H3,(H,22,24). The zero-order valence-corrected chi connectivity index (χ0v) is 18.7. The highest BCUT2D eigenvalue weighted by Crippen LogP contribution is 2.27. The molecule has 2 rings (SSSR count). The van der Waals surface area contributed by atoms with Crippen LogP contribution in [0.15, 0.2) is 23.1 Å². The lowest BCUT2D eigenvalue weighted by molar-refractivity contribution is -0.143. The molecule has 1 saturated heterocycles. The summed E-state index contributed by atoms with van der Waals surface area (Å²) in [6.07, 6.45) is 3.99. The Morgan fingerprint density at radius 3 is 2.34 bits per heavy atom. The molecule has 0 aliphatic carbocycles. The first kappa shape index (κ1) is 23.6. The fourth-order valence-corrected chi connectivity index (χ4v) is 5.35. The topological polar surface area (TPSA) is 92.8 Å². The third-order valence-corrected chi connectivity index (χ3v) is 7.25. The summed E-state index contributed by atoms with van der Waals surface area (Å²) in [5.74, 6) is -0.938. The van der Waals surface area contributed by atoms with Crippen molar-refractivity contribution in [2.24, 2.45) is 5.92 Å². The van der Waals surface area contributed by atoms with Crippen LogP contribution in [0.1, 0.15) is 56.3 Å². The second-order valence-corrected chi connectivity index (χ2v) is 9.96. The molecule has 1 aliphatic rings.